The Morgan fingerprint density at radius 3 is 2.78 bits per heavy atom. The molecule has 0 radical (unpaired) electrons. The lowest BCUT2D eigenvalue weighted by Gasteiger charge is -2.51. The molecular weight excluding hydrogens is 226 g/mol. The second-order valence-corrected chi connectivity index (χ2v) is 6.35. The molecule has 1 saturated carbocycles. The SMILES string of the molecule is CCC1CCCC(CN)(C2(O)CCCOCC2)C1. The maximum absolute atomic E-state index is 11.2. The van der Waals surface area contributed by atoms with Gasteiger partial charge in [-0.25, -0.2) is 0 Å². The molecule has 0 aromatic rings. The summed E-state index contributed by atoms with van der Waals surface area (Å²) in [7, 11) is 0. The number of nitrogens with two attached hydrogens (primary N) is 1. The third kappa shape index (κ3) is 2.59. The highest BCUT2D eigenvalue weighted by Crippen LogP contribution is 2.50. The predicted octanol–water partition coefficient (Wildman–Crippen LogP) is 2.46. The van der Waals surface area contributed by atoms with E-state index in [1.165, 1.54) is 19.3 Å². The van der Waals surface area contributed by atoms with Gasteiger partial charge in [0.05, 0.1) is 5.60 Å². The Morgan fingerprint density at radius 2 is 2.06 bits per heavy atom. The fraction of sp³-hybridized carbons (Fsp3) is 1.00. The van der Waals surface area contributed by atoms with Crippen LogP contribution in [0.5, 0.6) is 0 Å². The van der Waals surface area contributed by atoms with Crippen LogP contribution >= 0.6 is 0 Å². The van der Waals surface area contributed by atoms with E-state index in [1.54, 1.807) is 0 Å². The van der Waals surface area contributed by atoms with Crippen molar-refractivity contribution < 1.29 is 9.84 Å². The van der Waals surface area contributed by atoms with Crippen LogP contribution in [0.3, 0.4) is 0 Å². The van der Waals surface area contributed by atoms with Crippen molar-refractivity contribution in [3.05, 3.63) is 0 Å². The maximum Gasteiger partial charge on any atom is 0.0738 e. The first kappa shape index (κ1) is 14.3. The Labute approximate surface area is 111 Å². The third-order valence-electron chi connectivity index (χ3n) is 5.44. The summed E-state index contributed by atoms with van der Waals surface area (Å²) >= 11 is 0. The van der Waals surface area contributed by atoms with Crippen molar-refractivity contribution in [2.75, 3.05) is 19.8 Å². The number of ether oxygens (including phenoxy) is 1. The molecule has 3 nitrogen and oxygen atoms in total. The lowest BCUT2D eigenvalue weighted by Crippen LogP contribution is -2.55. The molecule has 2 aliphatic rings. The second kappa shape index (κ2) is 5.89. The van der Waals surface area contributed by atoms with E-state index in [1.807, 2.05) is 0 Å². The molecule has 1 heterocycles. The molecule has 1 saturated heterocycles. The predicted molar refractivity (Wildman–Crippen MR) is 73.4 cm³/mol. The van der Waals surface area contributed by atoms with Gasteiger partial charge in [-0.05, 0) is 31.6 Å². The molecule has 0 bridgehead atoms. The van der Waals surface area contributed by atoms with Crippen molar-refractivity contribution >= 4 is 0 Å². The van der Waals surface area contributed by atoms with Crippen molar-refractivity contribution in [1.29, 1.82) is 0 Å². The van der Waals surface area contributed by atoms with E-state index in [0.717, 1.165) is 44.6 Å². The first-order valence-electron chi connectivity index (χ1n) is 7.66. The largest absolute Gasteiger partial charge is 0.389 e. The van der Waals surface area contributed by atoms with Crippen LogP contribution in [0.15, 0.2) is 0 Å². The van der Waals surface area contributed by atoms with E-state index in [-0.39, 0.29) is 5.41 Å². The molecule has 3 unspecified atom stereocenters. The average Bonchev–Trinajstić information content (AvgIpc) is 2.64. The van der Waals surface area contributed by atoms with Gasteiger partial charge in [0.1, 0.15) is 0 Å². The summed E-state index contributed by atoms with van der Waals surface area (Å²) in [5.41, 5.74) is 5.47. The third-order valence-corrected chi connectivity index (χ3v) is 5.44. The summed E-state index contributed by atoms with van der Waals surface area (Å²) < 4.78 is 5.52. The molecule has 0 aromatic heterocycles. The summed E-state index contributed by atoms with van der Waals surface area (Å²) in [6, 6.07) is 0. The van der Waals surface area contributed by atoms with Gasteiger partial charge in [-0.2, -0.15) is 0 Å². The normalized spacial score (nSPS) is 42.5. The summed E-state index contributed by atoms with van der Waals surface area (Å²) in [5, 5.41) is 11.2. The second-order valence-electron chi connectivity index (χ2n) is 6.35. The molecule has 2 rings (SSSR count). The van der Waals surface area contributed by atoms with E-state index in [4.69, 9.17) is 10.5 Å². The molecule has 2 fully saturated rings. The van der Waals surface area contributed by atoms with E-state index in [2.05, 4.69) is 6.92 Å². The minimum Gasteiger partial charge on any atom is -0.389 e. The van der Waals surface area contributed by atoms with E-state index < -0.39 is 5.60 Å². The molecule has 0 spiro atoms. The zero-order valence-electron chi connectivity index (χ0n) is 11.8. The minimum atomic E-state index is -0.591. The smallest absolute Gasteiger partial charge is 0.0738 e. The summed E-state index contributed by atoms with van der Waals surface area (Å²) in [4.78, 5) is 0. The summed E-state index contributed by atoms with van der Waals surface area (Å²) in [6.45, 7) is 4.37. The van der Waals surface area contributed by atoms with Crippen LogP contribution in [-0.2, 0) is 4.74 Å². The molecule has 1 aliphatic heterocycles. The topological polar surface area (TPSA) is 55.5 Å². The standard InChI is InChI=1S/C15H29NO2/c1-2-13-5-3-6-14(11-13,12-16)15(17)7-4-9-18-10-8-15/h13,17H,2-12,16H2,1H3. The van der Waals surface area contributed by atoms with Crippen molar-refractivity contribution in [3.8, 4) is 0 Å². The van der Waals surface area contributed by atoms with E-state index >= 15 is 0 Å². The van der Waals surface area contributed by atoms with Crippen LogP contribution in [0.4, 0.5) is 0 Å². The highest BCUT2D eigenvalue weighted by molar-refractivity contribution is 5.02. The van der Waals surface area contributed by atoms with Gasteiger partial charge in [0.15, 0.2) is 0 Å². The first-order chi connectivity index (χ1) is 8.66. The fourth-order valence-electron chi connectivity index (χ4n) is 4.10. The number of rotatable bonds is 3. The average molecular weight is 255 g/mol. The number of aliphatic hydroxyl groups is 1. The van der Waals surface area contributed by atoms with Gasteiger partial charge < -0.3 is 15.6 Å². The molecule has 1 aliphatic carbocycles. The van der Waals surface area contributed by atoms with Crippen LogP contribution in [-0.4, -0.2) is 30.5 Å². The van der Waals surface area contributed by atoms with Gasteiger partial charge in [0.2, 0.25) is 0 Å². The van der Waals surface area contributed by atoms with Gasteiger partial charge in [0.25, 0.3) is 0 Å². The maximum atomic E-state index is 11.2. The van der Waals surface area contributed by atoms with Crippen LogP contribution in [0, 0.1) is 11.3 Å². The lowest BCUT2D eigenvalue weighted by atomic mass is 9.58. The molecule has 106 valence electrons. The molecular formula is C15H29NO2. The molecule has 3 heteroatoms. The van der Waals surface area contributed by atoms with Crippen LogP contribution in [0.25, 0.3) is 0 Å². The number of hydrogen-bond donors (Lipinski definition) is 2. The van der Waals surface area contributed by atoms with Gasteiger partial charge in [-0.1, -0.05) is 26.2 Å². The monoisotopic (exact) mass is 255 g/mol. The quantitative estimate of drug-likeness (QED) is 0.814. The summed E-state index contributed by atoms with van der Waals surface area (Å²) in [6.07, 6.45) is 8.54. The first-order valence-corrected chi connectivity index (χ1v) is 7.66. The van der Waals surface area contributed by atoms with Gasteiger partial charge in [-0.3, -0.25) is 0 Å². The van der Waals surface area contributed by atoms with E-state index in [0.29, 0.717) is 13.2 Å². The van der Waals surface area contributed by atoms with Crippen molar-refractivity contribution in [2.24, 2.45) is 17.1 Å². The molecule has 18 heavy (non-hydrogen) atoms. The van der Waals surface area contributed by atoms with Crippen molar-refractivity contribution in [3.63, 3.8) is 0 Å². The number of hydrogen-bond acceptors (Lipinski definition) is 3. The Morgan fingerprint density at radius 1 is 1.22 bits per heavy atom. The fourth-order valence-corrected chi connectivity index (χ4v) is 4.10. The zero-order chi connectivity index (χ0) is 13.1. The Bertz CT molecular complexity index is 261. The van der Waals surface area contributed by atoms with Crippen LogP contribution < -0.4 is 5.73 Å². The zero-order valence-corrected chi connectivity index (χ0v) is 11.8. The Balaban J connectivity index is 2.18. The molecule has 0 amide bonds. The van der Waals surface area contributed by atoms with Crippen molar-refractivity contribution in [1.82, 2.24) is 0 Å². The highest BCUT2D eigenvalue weighted by atomic mass is 16.5. The highest BCUT2D eigenvalue weighted by Gasteiger charge is 2.50. The summed E-state index contributed by atoms with van der Waals surface area (Å²) in [5.74, 6) is 0.746. The lowest BCUT2D eigenvalue weighted by molar-refractivity contribution is -0.119. The van der Waals surface area contributed by atoms with Gasteiger partial charge >= 0.3 is 0 Å². The van der Waals surface area contributed by atoms with E-state index in [9.17, 15) is 5.11 Å². The molecule has 3 atom stereocenters. The van der Waals surface area contributed by atoms with Gasteiger partial charge in [0, 0.05) is 31.6 Å². The Kier molecular flexibility index (Phi) is 4.68. The molecule has 3 N–H and O–H groups in total. The molecule has 0 aromatic carbocycles. The van der Waals surface area contributed by atoms with Gasteiger partial charge in [-0.15, -0.1) is 0 Å². The Hall–Kier alpha value is -0.120. The van der Waals surface area contributed by atoms with Crippen LogP contribution in [0.1, 0.15) is 58.3 Å². The minimum absolute atomic E-state index is 0.0559. The van der Waals surface area contributed by atoms with Crippen LogP contribution in [0.2, 0.25) is 0 Å². The van der Waals surface area contributed by atoms with Crippen molar-refractivity contribution in [2.45, 2.75) is 63.9 Å².